The van der Waals surface area contributed by atoms with Crippen molar-refractivity contribution in [3.05, 3.63) is 86.1 Å². The summed E-state index contributed by atoms with van der Waals surface area (Å²) in [5.41, 5.74) is 4.16. The van der Waals surface area contributed by atoms with Crippen LogP contribution in [0.2, 0.25) is 20.1 Å². The average molecular weight is 578 g/mol. The molecule has 0 fully saturated rings. The van der Waals surface area contributed by atoms with Crippen LogP contribution in [-0.4, -0.2) is 16.4 Å². The number of hydrogen-bond donors (Lipinski definition) is 0. The molecule has 0 aliphatic heterocycles. The molecule has 0 amide bonds. The Hall–Kier alpha value is -0.811. The fourth-order valence-corrected chi connectivity index (χ4v) is 3.36. The largest absolute Gasteiger partial charge is 2.00 e. The van der Waals surface area contributed by atoms with Crippen molar-refractivity contribution in [1.29, 1.82) is 0 Å². The minimum atomic E-state index is 0. The summed E-state index contributed by atoms with van der Waals surface area (Å²) in [6, 6.07) is 16.0. The number of benzene rings is 2. The van der Waals surface area contributed by atoms with Crippen molar-refractivity contribution in [3.63, 3.8) is 0 Å². The average Bonchev–Trinajstić information content (AvgIpc) is 2.66. The number of rotatable bonds is 4. The van der Waals surface area contributed by atoms with Crippen LogP contribution in [0.15, 0.2) is 64.6 Å². The third-order valence-corrected chi connectivity index (χ3v) is 4.96. The topological polar surface area (TPSA) is 37.6 Å². The van der Waals surface area contributed by atoms with Crippen LogP contribution in [0.3, 0.4) is 0 Å². The zero-order valence-corrected chi connectivity index (χ0v) is 21.8. The Kier molecular flexibility index (Phi) is 13.3. The first-order chi connectivity index (χ1) is 13.3. The van der Waals surface area contributed by atoms with Gasteiger partial charge in [-0.1, -0.05) is 52.5 Å². The molecule has 0 saturated carbocycles. The van der Waals surface area contributed by atoms with Gasteiger partial charge in [0.05, 0.1) is 44.2 Å². The maximum absolute atomic E-state index is 6.21. The van der Waals surface area contributed by atoms with Crippen LogP contribution in [0.1, 0.15) is 25.2 Å². The van der Waals surface area contributed by atoms with Gasteiger partial charge >= 0.3 is 17.1 Å². The van der Waals surface area contributed by atoms with E-state index in [1.807, 2.05) is 32.0 Å². The smallest absolute Gasteiger partial charge is 1.00 e. The van der Waals surface area contributed by atoms with Crippen molar-refractivity contribution >= 4 is 69.2 Å². The Balaban J connectivity index is 0.00000300. The van der Waals surface area contributed by atoms with E-state index in [1.54, 1.807) is 36.4 Å². The molecule has 0 unspecified atom stereocenters. The van der Waals surface area contributed by atoms with E-state index in [-0.39, 0.29) is 41.9 Å². The molecule has 3 aromatic rings. The van der Waals surface area contributed by atoms with Gasteiger partial charge in [-0.05, 0) is 62.4 Å². The summed E-state index contributed by atoms with van der Waals surface area (Å²) in [4.78, 5) is 13.8. The molecule has 3 nitrogen and oxygen atoms in total. The minimum absolute atomic E-state index is 0. The fourth-order valence-electron chi connectivity index (χ4n) is 2.46. The predicted molar refractivity (Wildman–Crippen MR) is 121 cm³/mol. The van der Waals surface area contributed by atoms with Crippen LogP contribution in [0, 0.1) is 0 Å². The first-order valence-electron chi connectivity index (χ1n) is 8.32. The van der Waals surface area contributed by atoms with Crippen molar-refractivity contribution in [2.24, 2.45) is 9.98 Å². The summed E-state index contributed by atoms with van der Waals surface area (Å²) in [5.74, 6) is 0. The fraction of sp³-hybridized carbons (Fsp3) is 0.0952. The van der Waals surface area contributed by atoms with Gasteiger partial charge in [0.15, 0.2) is 0 Å². The van der Waals surface area contributed by atoms with Gasteiger partial charge in [-0.2, -0.15) is 0 Å². The summed E-state index contributed by atoms with van der Waals surface area (Å²) in [7, 11) is 0. The van der Waals surface area contributed by atoms with E-state index in [0.29, 0.717) is 31.5 Å². The zero-order valence-electron chi connectivity index (χ0n) is 16.2. The Morgan fingerprint density at radius 1 is 0.677 bits per heavy atom. The maximum Gasteiger partial charge on any atom is 2.00 e. The standard InChI is InChI=1S/C21H15Cl4N3.2ClH.Fe/c1-12(26-20-8-6-14(22)10-16(20)24)18-4-3-5-19(28-18)13(2)27-21-9-7-15(23)11-17(21)25;;;/h3-11H,1-2H3;2*1H;/q;;;+2/p-2/b26-12+,27-13+;;;. The van der Waals surface area contributed by atoms with E-state index in [4.69, 9.17) is 46.4 Å². The first kappa shape index (κ1) is 30.2. The predicted octanol–water partition coefficient (Wildman–Crippen LogP) is 1.98. The molecule has 1 aromatic heterocycles. The van der Waals surface area contributed by atoms with E-state index in [9.17, 15) is 0 Å². The monoisotopic (exact) mass is 575 g/mol. The second-order valence-corrected chi connectivity index (χ2v) is 7.68. The van der Waals surface area contributed by atoms with Gasteiger partial charge in [0.1, 0.15) is 0 Å². The van der Waals surface area contributed by atoms with Gasteiger partial charge in [-0.15, -0.1) is 0 Å². The van der Waals surface area contributed by atoms with Crippen LogP contribution in [0.4, 0.5) is 11.4 Å². The Morgan fingerprint density at radius 2 is 1.06 bits per heavy atom. The van der Waals surface area contributed by atoms with Crippen molar-refractivity contribution < 1.29 is 41.9 Å². The molecule has 164 valence electrons. The molecule has 0 bridgehead atoms. The molecule has 0 aliphatic rings. The molecule has 31 heavy (non-hydrogen) atoms. The molecule has 0 spiro atoms. The number of hydrogen-bond acceptors (Lipinski definition) is 3. The van der Waals surface area contributed by atoms with Crippen molar-refractivity contribution in [2.75, 3.05) is 0 Å². The maximum atomic E-state index is 6.21. The molecule has 0 saturated heterocycles. The van der Waals surface area contributed by atoms with Crippen LogP contribution in [0.5, 0.6) is 0 Å². The van der Waals surface area contributed by atoms with E-state index >= 15 is 0 Å². The number of pyridine rings is 1. The molecule has 1 heterocycles. The summed E-state index contributed by atoms with van der Waals surface area (Å²) < 4.78 is 0. The first-order valence-corrected chi connectivity index (χ1v) is 9.83. The Labute approximate surface area is 224 Å². The van der Waals surface area contributed by atoms with Crippen LogP contribution in [-0.2, 0) is 17.1 Å². The molecular formula is C21H15Cl6FeN3. The van der Waals surface area contributed by atoms with Gasteiger partial charge in [0.2, 0.25) is 0 Å². The second kappa shape index (κ2) is 13.7. The van der Waals surface area contributed by atoms with E-state index in [2.05, 4.69) is 15.0 Å². The molecule has 0 radical (unpaired) electrons. The van der Waals surface area contributed by atoms with Gasteiger partial charge in [-0.3, -0.25) is 0 Å². The van der Waals surface area contributed by atoms with Crippen LogP contribution < -0.4 is 24.8 Å². The van der Waals surface area contributed by atoms with E-state index in [1.165, 1.54) is 0 Å². The molecule has 2 aromatic carbocycles. The second-order valence-electron chi connectivity index (χ2n) is 5.99. The molecule has 3 rings (SSSR count). The van der Waals surface area contributed by atoms with Gasteiger partial charge in [-0.25, -0.2) is 15.0 Å². The Bertz CT molecular complexity index is 1020. The van der Waals surface area contributed by atoms with Gasteiger partial charge < -0.3 is 24.8 Å². The van der Waals surface area contributed by atoms with Crippen LogP contribution in [0.25, 0.3) is 0 Å². The van der Waals surface area contributed by atoms with Crippen molar-refractivity contribution in [3.8, 4) is 0 Å². The van der Waals surface area contributed by atoms with Crippen molar-refractivity contribution in [2.45, 2.75) is 13.8 Å². The third-order valence-electron chi connectivity index (χ3n) is 3.89. The minimum Gasteiger partial charge on any atom is -1.00 e. The van der Waals surface area contributed by atoms with Crippen LogP contribution >= 0.6 is 46.4 Å². The molecule has 0 N–H and O–H groups in total. The van der Waals surface area contributed by atoms with Gasteiger partial charge in [0, 0.05) is 10.0 Å². The van der Waals surface area contributed by atoms with E-state index in [0.717, 1.165) is 22.8 Å². The number of aliphatic imine (C=N–C) groups is 2. The van der Waals surface area contributed by atoms with E-state index < -0.39 is 0 Å². The Morgan fingerprint density at radius 3 is 1.42 bits per heavy atom. The number of aromatic nitrogens is 1. The third kappa shape index (κ3) is 8.24. The molecule has 10 heteroatoms. The normalized spacial score (nSPS) is 11.2. The van der Waals surface area contributed by atoms with Gasteiger partial charge in [0.25, 0.3) is 0 Å². The van der Waals surface area contributed by atoms with Crippen molar-refractivity contribution in [1.82, 2.24) is 4.98 Å². The number of nitrogens with zero attached hydrogens (tertiary/aromatic N) is 3. The molecule has 0 atom stereocenters. The molecule has 0 aliphatic carbocycles. The quantitative estimate of drug-likeness (QED) is 0.345. The summed E-state index contributed by atoms with van der Waals surface area (Å²) >= 11 is 24.3. The SMILES string of the molecule is C/C(=N\c1ccc(Cl)cc1Cl)c1cccc(/C(C)=N/c2ccc(Cl)cc2Cl)n1.[Cl-].[Cl-].[Fe+2]. The number of halogens is 6. The molecular weight excluding hydrogens is 563 g/mol. The summed E-state index contributed by atoms with van der Waals surface area (Å²) in [6.07, 6.45) is 0. The summed E-state index contributed by atoms with van der Waals surface area (Å²) in [5, 5.41) is 2.10. The zero-order chi connectivity index (χ0) is 20.3. The summed E-state index contributed by atoms with van der Waals surface area (Å²) in [6.45, 7) is 3.75.